The van der Waals surface area contributed by atoms with E-state index in [1.54, 1.807) is 30.3 Å². The van der Waals surface area contributed by atoms with Crippen molar-refractivity contribution in [2.75, 3.05) is 22.9 Å². The number of benzene rings is 3. The largest absolute Gasteiger partial charge is 0.481 e. The van der Waals surface area contributed by atoms with Crippen LogP contribution in [-0.4, -0.2) is 47.9 Å². The number of sulfonamides is 1. The minimum Gasteiger partial charge on any atom is -0.481 e. The number of rotatable bonds is 7. The van der Waals surface area contributed by atoms with E-state index in [0.717, 1.165) is 4.31 Å². The van der Waals surface area contributed by atoms with Crippen molar-refractivity contribution in [2.45, 2.75) is 12.0 Å². The third kappa shape index (κ3) is 5.29. The summed E-state index contributed by atoms with van der Waals surface area (Å²) in [5, 5.41) is 16.1. The lowest BCUT2D eigenvalue weighted by Gasteiger charge is -2.35. The van der Waals surface area contributed by atoms with Crippen LogP contribution in [0.4, 0.5) is 11.4 Å². The number of anilines is 2. The fourth-order valence-corrected chi connectivity index (χ4v) is 8.45. The fraction of sp³-hybridized carbons (Fsp3) is 0.222. The van der Waals surface area contributed by atoms with Crippen molar-refractivity contribution in [3.63, 3.8) is 0 Å². The van der Waals surface area contributed by atoms with Gasteiger partial charge < -0.3 is 15.7 Å². The summed E-state index contributed by atoms with van der Waals surface area (Å²) < 4.78 is 28.8. The van der Waals surface area contributed by atoms with E-state index >= 15 is 0 Å². The van der Waals surface area contributed by atoms with Crippen molar-refractivity contribution in [3.8, 4) is 0 Å². The number of aliphatic carboxylic acids is 1. The highest BCUT2D eigenvalue weighted by molar-refractivity contribution is 7.89. The van der Waals surface area contributed by atoms with Crippen LogP contribution in [0.15, 0.2) is 60.7 Å². The number of nitrogens with one attached hydrogen (secondary N) is 2. The van der Waals surface area contributed by atoms with Gasteiger partial charge in [0, 0.05) is 32.9 Å². The maximum absolute atomic E-state index is 14.0. The Balaban J connectivity index is 1.64. The number of carbonyl (C=O) groups is 3. The number of carboxylic acids is 1. The van der Waals surface area contributed by atoms with Gasteiger partial charge in [0.05, 0.1) is 22.4 Å². The highest BCUT2D eigenvalue weighted by Crippen LogP contribution is 2.56. The van der Waals surface area contributed by atoms with Crippen LogP contribution >= 0.6 is 46.4 Å². The van der Waals surface area contributed by atoms with Gasteiger partial charge in [0.15, 0.2) is 5.54 Å². The molecule has 2 unspecified atom stereocenters. The van der Waals surface area contributed by atoms with E-state index in [1.807, 2.05) is 0 Å². The number of aryl methyl sites for hydroxylation is 1. The van der Waals surface area contributed by atoms with Crippen molar-refractivity contribution >= 4 is 85.6 Å². The lowest BCUT2D eigenvalue weighted by Crippen LogP contribution is -2.55. The van der Waals surface area contributed by atoms with Crippen LogP contribution in [0.1, 0.15) is 11.1 Å². The number of halogens is 4. The molecule has 3 aromatic rings. The molecule has 41 heavy (non-hydrogen) atoms. The summed E-state index contributed by atoms with van der Waals surface area (Å²) in [4.78, 5) is 40.4. The Bertz CT molecular complexity index is 1670. The molecule has 2 amide bonds. The van der Waals surface area contributed by atoms with Crippen molar-refractivity contribution in [2.24, 2.45) is 11.8 Å². The number of carbonyl (C=O) groups excluding carboxylic acids is 2. The Morgan fingerprint density at radius 1 is 1.00 bits per heavy atom. The normalized spacial score (nSPS) is 22.0. The minimum absolute atomic E-state index is 0.00929. The smallest absolute Gasteiger partial charge is 0.310 e. The lowest BCUT2D eigenvalue weighted by molar-refractivity contribution is -0.151. The standard InChI is InChI=1S/C27H21Cl4N3O6S/c28-15-8-16(29)10-18(9-15)32-24(35)19-13-34(41(39,40)7-6-14-4-2-1-3-5-14)27(22(19)25(36)37)20-11-17(30)12-21(31)23(20)33-26(27)38/h1-5,8-12,19,22H,6-7,13H2,(H,32,35)(H,33,38)(H,36,37)/t19?,22?,27-/m1/s1. The highest BCUT2D eigenvalue weighted by Gasteiger charge is 2.70. The molecule has 5 rings (SSSR count). The molecule has 9 nitrogen and oxygen atoms in total. The zero-order valence-electron chi connectivity index (χ0n) is 20.9. The molecule has 0 bridgehead atoms. The summed E-state index contributed by atoms with van der Waals surface area (Å²) >= 11 is 24.7. The van der Waals surface area contributed by atoms with Crippen LogP contribution in [0.5, 0.6) is 0 Å². The van der Waals surface area contributed by atoms with Crippen LogP contribution in [0.3, 0.4) is 0 Å². The maximum Gasteiger partial charge on any atom is 0.310 e. The summed E-state index contributed by atoms with van der Waals surface area (Å²) in [5.74, 6) is -7.17. The molecule has 1 fully saturated rings. The second kappa shape index (κ2) is 11.1. The Labute approximate surface area is 255 Å². The van der Waals surface area contributed by atoms with Gasteiger partial charge in [-0.05, 0) is 42.3 Å². The van der Waals surface area contributed by atoms with Gasteiger partial charge >= 0.3 is 5.97 Å². The van der Waals surface area contributed by atoms with E-state index in [9.17, 15) is 27.9 Å². The topological polar surface area (TPSA) is 133 Å². The number of hydrogen-bond acceptors (Lipinski definition) is 5. The summed E-state index contributed by atoms with van der Waals surface area (Å²) in [6.07, 6.45) is 0.0795. The Morgan fingerprint density at radius 3 is 2.27 bits per heavy atom. The van der Waals surface area contributed by atoms with Crippen LogP contribution < -0.4 is 10.6 Å². The van der Waals surface area contributed by atoms with E-state index < -0.39 is 57.5 Å². The predicted octanol–water partition coefficient (Wildman–Crippen LogP) is 5.29. The molecule has 0 saturated carbocycles. The predicted molar refractivity (Wildman–Crippen MR) is 157 cm³/mol. The van der Waals surface area contributed by atoms with E-state index in [4.69, 9.17) is 46.4 Å². The van der Waals surface area contributed by atoms with Gasteiger partial charge in [-0.2, -0.15) is 4.31 Å². The van der Waals surface area contributed by atoms with E-state index in [-0.39, 0.29) is 43.4 Å². The number of fused-ring (bicyclic) bond motifs is 2. The SMILES string of the molecule is O=C(Nc1cc(Cl)cc(Cl)c1)C1CN(S(=O)(=O)CCc2ccccc2)[C@@]2(C(=O)Nc3c(Cl)cc(Cl)cc32)C1C(=O)O. The first-order valence-corrected chi connectivity index (χ1v) is 15.3. The van der Waals surface area contributed by atoms with Crippen LogP contribution in [0.2, 0.25) is 20.1 Å². The first-order valence-electron chi connectivity index (χ1n) is 12.2. The van der Waals surface area contributed by atoms with Gasteiger partial charge in [-0.3, -0.25) is 14.4 Å². The average molecular weight is 657 g/mol. The van der Waals surface area contributed by atoms with E-state index in [2.05, 4.69) is 10.6 Å². The number of nitrogens with zero attached hydrogens (tertiary/aromatic N) is 1. The van der Waals surface area contributed by atoms with Gasteiger partial charge in [0.25, 0.3) is 5.91 Å². The molecule has 0 aromatic heterocycles. The zero-order valence-corrected chi connectivity index (χ0v) is 24.7. The average Bonchev–Trinajstić information content (AvgIpc) is 3.40. The first-order chi connectivity index (χ1) is 19.3. The third-order valence-electron chi connectivity index (χ3n) is 7.22. The molecule has 1 saturated heterocycles. The minimum atomic E-state index is -4.37. The Hall–Kier alpha value is -2.86. The zero-order chi connectivity index (χ0) is 29.7. The molecule has 2 aliphatic rings. The third-order valence-corrected chi connectivity index (χ3v) is 10.0. The second-order valence-electron chi connectivity index (χ2n) is 9.68. The monoisotopic (exact) mass is 655 g/mol. The maximum atomic E-state index is 14.0. The first kappa shape index (κ1) is 29.6. The van der Waals surface area contributed by atoms with Gasteiger partial charge in [-0.25, -0.2) is 8.42 Å². The number of hydrogen-bond donors (Lipinski definition) is 3. The van der Waals surface area contributed by atoms with E-state index in [0.29, 0.717) is 5.56 Å². The van der Waals surface area contributed by atoms with Crippen molar-refractivity contribution in [1.29, 1.82) is 0 Å². The summed E-state index contributed by atoms with van der Waals surface area (Å²) in [6.45, 7) is -0.606. The van der Waals surface area contributed by atoms with E-state index in [1.165, 1.54) is 30.3 Å². The van der Waals surface area contributed by atoms with Crippen molar-refractivity contribution < 1.29 is 27.9 Å². The molecule has 0 aliphatic carbocycles. The molecule has 3 atom stereocenters. The molecule has 1 spiro atoms. The fourth-order valence-electron chi connectivity index (χ4n) is 5.54. The second-order valence-corrected chi connectivity index (χ2v) is 13.4. The van der Waals surface area contributed by atoms with Crippen molar-refractivity contribution in [3.05, 3.63) is 91.9 Å². The molecule has 3 N–H and O–H groups in total. The molecule has 2 aliphatic heterocycles. The molecule has 0 radical (unpaired) electrons. The molecule has 214 valence electrons. The molecule has 14 heteroatoms. The molecule has 3 aromatic carbocycles. The van der Waals surface area contributed by atoms with Gasteiger partial charge in [0.2, 0.25) is 15.9 Å². The quantitative estimate of drug-likeness (QED) is 0.317. The van der Waals surface area contributed by atoms with Crippen LogP contribution in [-0.2, 0) is 36.4 Å². The van der Waals surface area contributed by atoms with Crippen molar-refractivity contribution in [1.82, 2.24) is 4.31 Å². The molecular formula is C27H21Cl4N3O6S. The summed E-state index contributed by atoms with van der Waals surface area (Å²) in [6, 6.07) is 15.7. The number of amides is 2. The summed E-state index contributed by atoms with van der Waals surface area (Å²) in [5.41, 5.74) is -1.48. The highest BCUT2D eigenvalue weighted by atomic mass is 35.5. The Morgan fingerprint density at radius 2 is 1.63 bits per heavy atom. The molecular weight excluding hydrogens is 636 g/mol. The van der Waals surface area contributed by atoms with Gasteiger partial charge in [-0.1, -0.05) is 76.7 Å². The van der Waals surface area contributed by atoms with Gasteiger partial charge in [-0.15, -0.1) is 0 Å². The van der Waals surface area contributed by atoms with Gasteiger partial charge in [0.1, 0.15) is 5.92 Å². The van der Waals surface area contributed by atoms with Crippen LogP contribution in [0, 0.1) is 11.8 Å². The lowest BCUT2D eigenvalue weighted by atomic mass is 9.76. The Kier molecular flexibility index (Phi) is 8.01. The summed E-state index contributed by atoms with van der Waals surface area (Å²) in [7, 11) is -4.37. The molecule has 2 heterocycles. The number of carboxylic acid groups (broad SMARTS) is 1. The van der Waals surface area contributed by atoms with Crippen LogP contribution in [0.25, 0.3) is 0 Å².